The van der Waals surface area contributed by atoms with Crippen LogP contribution in [-0.4, -0.2) is 52.7 Å². The molecule has 5 nitrogen and oxygen atoms in total. The van der Waals surface area contributed by atoms with Gasteiger partial charge in [0, 0.05) is 6.61 Å². The van der Waals surface area contributed by atoms with Crippen LogP contribution in [0.1, 0.15) is 6.92 Å². The van der Waals surface area contributed by atoms with Crippen molar-refractivity contribution in [3.05, 3.63) is 0 Å². The van der Waals surface area contributed by atoms with E-state index >= 15 is 0 Å². The van der Waals surface area contributed by atoms with Crippen molar-refractivity contribution in [2.24, 2.45) is 0 Å². The molecule has 83 valence electrons. The van der Waals surface area contributed by atoms with Gasteiger partial charge in [-0.05, 0) is 6.92 Å². The van der Waals surface area contributed by atoms with Gasteiger partial charge in [-0.3, -0.25) is 0 Å². The van der Waals surface area contributed by atoms with Crippen LogP contribution in [-0.2, 0) is 23.7 Å². The van der Waals surface area contributed by atoms with Crippen molar-refractivity contribution >= 4 is 6.47 Å². The molecule has 0 N–H and O–H groups in total. The lowest BCUT2D eigenvalue weighted by Crippen LogP contribution is -2.11. The van der Waals surface area contributed by atoms with Crippen LogP contribution in [0.15, 0.2) is 0 Å². The van der Waals surface area contributed by atoms with Crippen molar-refractivity contribution in [2.75, 3.05) is 46.2 Å². The number of hydrogen-bond acceptors (Lipinski definition) is 5. The molecule has 0 saturated carbocycles. The fourth-order valence-electron chi connectivity index (χ4n) is 0.726. The van der Waals surface area contributed by atoms with Crippen LogP contribution in [0.25, 0.3) is 0 Å². The van der Waals surface area contributed by atoms with E-state index in [9.17, 15) is 4.79 Å². The molecule has 0 saturated heterocycles. The van der Waals surface area contributed by atoms with Crippen LogP contribution in [0, 0.1) is 0 Å². The average Bonchev–Trinajstić information content (AvgIpc) is 2.21. The fourth-order valence-corrected chi connectivity index (χ4v) is 0.726. The van der Waals surface area contributed by atoms with Crippen molar-refractivity contribution in [3.8, 4) is 0 Å². The Morgan fingerprint density at radius 2 is 1.36 bits per heavy atom. The summed E-state index contributed by atoms with van der Waals surface area (Å²) in [6, 6.07) is 0. The Labute approximate surface area is 84.3 Å². The third-order valence-electron chi connectivity index (χ3n) is 1.34. The quantitative estimate of drug-likeness (QED) is 0.449. The van der Waals surface area contributed by atoms with Gasteiger partial charge in [-0.2, -0.15) is 0 Å². The summed E-state index contributed by atoms with van der Waals surface area (Å²) in [5.41, 5.74) is 0. The second-order valence-electron chi connectivity index (χ2n) is 2.35. The first-order chi connectivity index (χ1) is 6.91. The smallest absolute Gasteiger partial charge is 0.417 e. The van der Waals surface area contributed by atoms with Gasteiger partial charge in [0.25, 0.3) is 0 Å². The van der Waals surface area contributed by atoms with Crippen molar-refractivity contribution in [3.63, 3.8) is 0 Å². The number of carbonyl (C=O) groups excluding carboxylic acids is 1. The molecule has 5 heteroatoms. The van der Waals surface area contributed by atoms with Crippen LogP contribution in [0.2, 0.25) is 0 Å². The molecule has 14 heavy (non-hydrogen) atoms. The maximum Gasteiger partial charge on any atom is 0.417 e. The largest absolute Gasteiger partial charge is 0.455 e. The summed E-state index contributed by atoms with van der Waals surface area (Å²) in [5, 5.41) is 0. The maximum absolute atomic E-state index is 9.60. The third kappa shape index (κ3) is 11.4. The first kappa shape index (κ1) is 13.4. The molecule has 0 bridgehead atoms. The lowest BCUT2D eigenvalue weighted by Gasteiger charge is -2.04. The van der Waals surface area contributed by atoms with Gasteiger partial charge >= 0.3 is 6.47 Å². The summed E-state index contributed by atoms with van der Waals surface area (Å²) < 4.78 is 19.6. The molecule has 0 aliphatic rings. The number of rotatable bonds is 11. The molecular formula is C9H17O5. The highest BCUT2D eigenvalue weighted by atomic mass is 16.6. The van der Waals surface area contributed by atoms with Crippen LogP contribution in [0.5, 0.6) is 0 Å². The summed E-state index contributed by atoms with van der Waals surface area (Å²) in [5.74, 6) is 0. The second-order valence-corrected chi connectivity index (χ2v) is 2.35. The van der Waals surface area contributed by atoms with Gasteiger partial charge in [-0.15, -0.1) is 0 Å². The first-order valence-corrected chi connectivity index (χ1v) is 4.64. The Morgan fingerprint density at radius 1 is 0.857 bits per heavy atom. The Bertz CT molecular complexity index is 118. The number of ether oxygens (including phenoxy) is 4. The fraction of sp³-hybridized carbons (Fsp3) is 0.889. The highest BCUT2D eigenvalue weighted by Gasteiger charge is 1.90. The van der Waals surface area contributed by atoms with E-state index in [-0.39, 0.29) is 6.61 Å². The van der Waals surface area contributed by atoms with Crippen LogP contribution in [0.3, 0.4) is 0 Å². The molecule has 0 aromatic heterocycles. The van der Waals surface area contributed by atoms with E-state index in [0.717, 1.165) is 0 Å². The first-order valence-electron chi connectivity index (χ1n) is 4.64. The van der Waals surface area contributed by atoms with Crippen molar-refractivity contribution < 1.29 is 23.7 Å². The minimum atomic E-state index is 0.239. The molecule has 0 atom stereocenters. The van der Waals surface area contributed by atoms with E-state index in [1.807, 2.05) is 6.92 Å². The summed E-state index contributed by atoms with van der Waals surface area (Å²) in [7, 11) is 0. The van der Waals surface area contributed by atoms with Gasteiger partial charge < -0.3 is 18.9 Å². The molecule has 0 amide bonds. The predicted molar refractivity (Wildman–Crippen MR) is 49.8 cm³/mol. The zero-order chi connectivity index (χ0) is 10.5. The molecule has 0 aromatic rings. The van der Waals surface area contributed by atoms with E-state index in [4.69, 9.17) is 14.2 Å². The van der Waals surface area contributed by atoms with Crippen LogP contribution >= 0.6 is 0 Å². The summed E-state index contributed by atoms with van der Waals surface area (Å²) in [6.07, 6.45) is 0. The molecule has 0 rings (SSSR count). The molecule has 1 radical (unpaired) electrons. The third-order valence-corrected chi connectivity index (χ3v) is 1.34. The summed E-state index contributed by atoms with van der Waals surface area (Å²) in [6.45, 7) is 6.79. The molecule has 0 spiro atoms. The molecule has 0 aliphatic carbocycles. The van der Waals surface area contributed by atoms with E-state index < -0.39 is 0 Å². The standard InChI is InChI=1S/C9H17O5/c1-2-11-3-4-12-5-6-13-7-8-14-9-10/h2-8H2,1H3. The van der Waals surface area contributed by atoms with Gasteiger partial charge in [0.05, 0.1) is 33.0 Å². The van der Waals surface area contributed by atoms with Gasteiger partial charge in [-0.1, -0.05) is 0 Å². The zero-order valence-electron chi connectivity index (χ0n) is 8.49. The van der Waals surface area contributed by atoms with Crippen molar-refractivity contribution in [1.29, 1.82) is 0 Å². The maximum atomic E-state index is 9.60. The molecule has 0 heterocycles. The Hall–Kier alpha value is -0.650. The minimum absolute atomic E-state index is 0.239. The van der Waals surface area contributed by atoms with E-state index in [2.05, 4.69) is 4.74 Å². The molecule has 0 aliphatic heterocycles. The molecule has 0 unspecified atom stereocenters. The van der Waals surface area contributed by atoms with Gasteiger partial charge in [0.2, 0.25) is 0 Å². The predicted octanol–water partition coefficient (Wildman–Crippen LogP) is 0.140. The second kappa shape index (κ2) is 12.3. The molecule has 0 fully saturated rings. The monoisotopic (exact) mass is 205 g/mol. The van der Waals surface area contributed by atoms with Gasteiger partial charge in [0.15, 0.2) is 0 Å². The SMILES string of the molecule is CCOCCOCCOCCO[C]=O. The van der Waals surface area contributed by atoms with Gasteiger partial charge in [-0.25, -0.2) is 4.79 Å². The van der Waals surface area contributed by atoms with Crippen molar-refractivity contribution in [1.82, 2.24) is 0 Å². The van der Waals surface area contributed by atoms with Crippen LogP contribution in [0.4, 0.5) is 0 Å². The van der Waals surface area contributed by atoms with E-state index in [1.54, 1.807) is 0 Å². The Morgan fingerprint density at radius 3 is 1.86 bits per heavy atom. The lowest BCUT2D eigenvalue weighted by molar-refractivity contribution is 0.0104. The number of hydrogen-bond donors (Lipinski definition) is 0. The van der Waals surface area contributed by atoms with Crippen LogP contribution < -0.4 is 0 Å². The normalized spacial score (nSPS) is 10.1. The average molecular weight is 205 g/mol. The lowest BCUT2D eigenvalue weighted by atomic mass is 10.7. The van der Waals surface area contributed by atoms with Crippen molar-refractivity contribution in [2.45, 2.75) is 6.92 Å². The Kier molecular flexibility index (Phi) is 11.8. The van der Waals surface area contributed by atoms with E-state index in [1.165, 1.54) is 6.47 Å². The molecule has 0 aromatic carbocycles. The highest BCUT2D eigenvalue weighted by Crippen LogP contribution is 1.81. The molecular weight excluding hydrogens is 188 g/mol. The Balaban J connectivity index is 2.81. The zero-order valence-corrected chi connectivity index (χ0v) is 8.49. The topological polar surface area (TPSA) is 54.0 Å². The summed E-state index contributed by atoms with van der Waals surface area (Å²) >= 11 is 0. The van der Waals surface area contributed by atoms with Gasteiger partial charge in [0.1, 0.15) is 6.61 Å². The van der Waals surface area contributed by atoms with E-state index in [0.29, 0.717) is 39.6 Å². The highest BCUT2D eigenvalue weighted by molar-refractivity contribution is 5.37. The minimum Gasteiger partial charge on any atom is -0.455 e. The summed E-state index contributed by atoms with van der Waals surface area (Å²) in [4.78, 5) is 9.60.